The summed E-state index contributed by atoms with van der Waals surface area (Å²) >= 11 is 0. The van der Waals surface area contributed by atoms with Gasteiger partial charge in [-0.1, -0.05) is 174 Å². The number of phosphoric ester groups is 1. The summed E-state index contributed by atoms with van der Waals surface area (Å²) in [7, 11) is -5.63. The van der Waals surface area contributed by atoms with Crippen molar-refractivity contribution in [2.75, 3.05) is 26.4 Å². The zero-order valence-electron chi connectivity index (χ0n) is 46.5. The highest BCUT2D eigenvalue weighted by Gasteiger charge is 2.58. The van der Waals surface area contributed by atoms with E-state index in [1.54, 1.807) is 0 Å². The smallest absolute Gasteiger partial charge is 0.462 e. The third-order valence-electron chi connectivity index (χ3n) is 14.9. The van der Waals surface area contributed by atoms with Crippen molar-refractivity contribution in [3.8, 4) is 0 Å². The summed E-state index contributed by atoms with van der Waals surface area (Å²) in [5.74, 6) is -1.32. The van der Waals surface area contributed by atoms with E-state index in [4.69, 9.17) is 37.5 Å². The number of rotatable bonds is 43. The molecule has 460 valence electrons. The minimum absolute atomic E-state index is 0.0250. The molecule has 2 saturated heterocycles. The average molecular weight is 1150 g/mol. The van der Waals surface area contributed by atoms with Crippen molar-refractivity contribution in [1.82, 2.24) is 0 Å². The molecule has 12 N–H and O–H groups in total. The van der Waals surface area contributed by atoms with Gasteiger partial charge in [0.05, 0.1) is 19.8 Å². The van der Waals surface area contributed by atoms with Gasteiger partial charge in [-0.3, -0.25) is 18.6 Å². The van der Waals surface area contributed by atoms with E-state index in [2.05, 4.69) is 13.8 Å². The fourth-order valence-electron chi connectivity index (χ4n) is 10.0. The normalized spacial score (nSPS) is 31.7. The molecule has 0 aromatic rings. The van der Waals surface area contributed by atoms with Crippen molar-refractivity contribution in [3.05, 3.63) is 0 Å². The molecule has 2 heterocycles. The predicted molar refractivity (Wildman–Crippen MR) is 282 cm³/mol. The van der Waals surface area contributed by atoms with Gasteiger partial charge in [-0.2, -0.15) is 0 Å². The highest BCUT2D eigenvalue weighted by atomic mass is 31.2. The lowest BCUT2D eigenvalue weighted by atomic mass is 9.84. The number of hydrogen-bond donors (Lipinski definition) is 12. The Balaban J connectivity index is 1.71. The van der Waals surface area contributed by atoms with Gasteiger partial charge in [0.25, 0.3) is 0 Å². The highest BCUT2D eigenvalue weighted by Crippen LogP contribution is 2.49. The fraction of sp³-hybridized carbons (Fsp3) is 0.963. The molecule has 16 unspecified atom stereocenters. The van der Waals surface area contributed by atoms with Crippen molar-refractivity contribution in [3.63, 3.8) is 0 Å². The molecule has 0 aromatic carbocycles. The molecule has 0 amide bonds. The number of carbonyl (C=O) groups is 2. The summed E-state index contributed by atoms with van der Waals surface area (Å²) in [6, 6.07) is 0. The molecule has 3 rings (SSSR count). The van der Waals surface area contributed by atoms with Crippen LogP contribution < -0.4 is 0 Å². The number of aliphatic hydroxyl groups excluding tert-OH is 11. The van der Waals surface area contributed by atoms with Crippen LogP contribution in [0, 0.1) is 0 Å². The zero-order valence-corrected chi connectivity index (χ0v) is 47.3. The second-order valence-electron chi connectivity index (χ2n) is 21.5. The molecular weight excluding hydrogens is 1050 g/mol. The Morgan fingerprint density at radius 1 is 0.436 bits per heavy atom. The van der Waals surface area contributed by atoms with E-state index < -0.39 is 150 Å². The first-order valence-electron chi connectivity index (χ1n) is 29.4. The van der Waals surface area contributed by atoms with Gasteiger partial charge >= 0.3 is 19.8 Å². The third kappa shape index (κ3) is 25.5. The average Bonchev–Trinajstić information content (AvgIpc) is 3.49. The summed E-state index contributed by atoms with van der Waals surface area (Å²) in [5.41, 5.74) is 0. The van der Waals surface area contributed by atoms with E-state index in [1.807, 2.05) is 0 Å². The molecule has 3 aliphatic rings. The Labute approximate surface area is 461 Å². The molecule has 0 aromatic heterocycles. The molecule has 2 aliphatic heterocycles. The summed E-state index contributed by atoms with van der Waals surface area (Å²) in [6.07, 6.45) is -4.83. The lowest BCUT2D eigenvalue weighted by Crippen LogP contribution is -2.69. The van der Waals surface area contributed by atoms with Crippen LogP contribution in [-0.2, 0) is 51.6 Å². The van der Waals surface area contributed by atoms with E-state index >= 15 is 0 Å². The van der Waals surface area contributed by atoms with Crippen LogP contribution in [0.4, 0.5) is 0 Å². The van der Waals surface area contributed by atoms with Crippen LogP contribution in [0.3, 0.4) is 0 Å². The predicted octanol–water partition coefficient (Wildman–Crippen LogP) is 3.76. The number of hydrogen-bond acceptors (Lipinski definition) is 22. The standard InChI is InChI=1S/C54H101O23P/c1-3-5-7-9-11-13-15-17-19-21-23-25-27-29-31-40(58)72-36(34-70-39(57)30-28-26-24-22-20-18-16-14-12-10-8-6-4-2)35-71-78(68,69)77-52-50(75-53-48(66)43(61)41(59)37(32-55)73-53)46(64)45(63)47(65)51(52)76-54-49(67)44(62)42(60)38(33-56)74-54/h36-38,41-56,59-67H,3-35H2,1-2H3,(H,68,69). The molecule has 78 heavy (non-hydrogen) atoms. The van der Waals surface area contributed by atoms with E-state index in [0.717, 1.165) is 57.8 Å². The minimum atomic E-state index is -5.63. The largest absolute Gasteiger partial charge is 0.472 e. The second kappa shape index (κ2) is 39.8. The number of unbranched alkanes of at least 4 members (excludes halogenated alkanes) is 25. The van der Waals surface area contributed by atoms with Crippen molar-refractivity contribution in [1.29, 1.82) is 0 Å². The van der Waals surface area contributed by atoms with Gasteiger partial charge in [0.1, 0.15) is 92.1 Å². The Bertz CT molecular complexity index is 1560. The van der Waals surface area contributed by atoms with Crippen molar-refractivity contribution in [2.45, 2.75) is 304 Å². The first-order valence-corrected chi connectivity index (χ1v) is 30.9. The van der Waals surface area contributed by atoms with Crippen LogP contribution in [0.2, 0.25) is 0 Å². The van der Waals surface area contributed by atoms with E-state index in [1.165, 1.54) is 103 Å². The van der Waals surface area contributed by atoms with Crippen molar-refractivity contribution in [2.24, 2.45) is 0 Å². The quantitative estimate of drug-likeness (QED) is 0.0235. The van der Waals surface area contributed by atoms with Gasteiger partial charge in [0.2, 0.25) is 0 Å². The summed E-state index contributed by atoms with van der Waals surface area (Å²) in [5, 5.41) is 117. The maximum Gasteiger partial charge on any atom is 0.472 e. The van der Waals surface area contributed by atoms with Gasteiger partial charge in [-0.25, -0.2) is 4.57 Å². The molecule has 1 aliphatic carbocycles. The SMILES string of the molecule is CCCCCCCCCCCCCCCCC(=O)OC(COC(=O)CCCCCCCCCCCCCCC)COP(=O)(O)OC1C(OC2OC(CO)C(O)C(O)C2O)C(O)C(O)C(O)C1OC1OC(CO)C(O)C(O)C1O. The minimum Gasteiger partial charge on any atom is -0.462 e. The molecular formula is C54H101O23P. The summed E-state index contributed by atoms with van der Waals surface area (Å²) in [6.45, 7) is 1.02. The van der Waals surface area contributed by atoms with E-state index in [9.17, 15) is 75.2 Å². The molecule has 3 fully saturated rings. The summed E-state index contributed by atoms with van der Waals surface area (Å²) in [4.78, 5) is 37.5. The molecule has 24 heteroatoms. The molecule has 0 spiro atoms. The van der Waals surface area contributed by atoms with Gasteiger partial charge in [0, 0.05) is 12.8 Å². The van der Waals surface area contributed by atoms with Gasteiger partial charge in [0.15, 0.2) is 18.7 Å². The Morgan fingerprint density at radius 2 is 0.769 bits per heavy atom. The number of ether oxygens (including phenoxy) is 6. The highest BCUT2D eigenvalue weighted by molar-refractivity contribution is 7.47. The lowest BCUT2D eigenvalue weighted by molar-refractivity contribution is -0.360. The van der Waals surface area contributed by atoms with Gasteiger partial charge < -0.3 is 89.5 Å². The number of esters is 2. The second-order valence-corrected chi connectivity index (χ2v) is 22.9. The zero-order chi connectivity index (χ0) is 57.5. The van der Waals surface area contributed by atoms with Gasteiger partial charge in [-0.15, -0.1) is 0 Å². The van der Waals surface area contributed by atoms with Crippen molar-refractivity contribution >= 4 is 19.8 Å². The fourth-order valence-corrected chi connectivity index (χ4v) is 11.0. The molecule has 0 bridgehead atoms. The van der Waals surface area contributed by atoms with Crippen LogP contribution >= 0.6 is 7.82 Å². The Morgan fingerprint density at radius 3 is 1.13 bits per heavy atom. The van der Waals surface area contributed by atoms with E-state index in [-0.39, 0.29) is 12.8 Å². The monoisotopic (exact) mass is 1150 g/mol. The lowest BCUT2D eigenvalue weighted by Gasteiger charge is -2.49. The maximum atomic E-state index is 14.0. The van der Waals surface area contributed by atoms with E-state index in [0.29, 0.717) is 12.8 Å². The number of phosphoric acid groups is 1. The number of aliphatic hydroxyl groups is 11. The summed E-state index contributed by atoms with van der Waals surface area (Å²) < 4.78 is 58.1. The van der Waals surface area contributed by atoms with Crippen LogP contribution in [-0.4, -0.2) is 204 Å². The Hall–Kier alpha value is -1.55. The maximum absolute atomic E-state index is 14.0. The third-order valence-corrected chi connectivity index (χ3v) is 15.9. The van der Waals surface area contributed by atoms with Crippen LogP contribution in [0.25, 0.3) is 0 Å². The Kier molecular flexibility index (Phi) is 36.1. The molecule has 0 radical (unpaired) electrons. The molecule has 16 atom stereocenters. The van der Waals surface area contributed by atoms with Gasteiger partial charge in [-0.05, 0) is 12.8 Å². The van der Waals surface area contributed by atoms with Crippen LogP contribution in [0.5, 0.6) is 0 Å². The van der Waals surface area contributed by atoms with Crippen LogP contribution in [0.1, 0.15) is 200 Å². The first-order chi connectivity index (χ1) is 37.4. The van der Waals surface area contributed by atoms with Crippen molar-refractivity contribution < 1.29 is 113 Å². The van der Waals surface area contributed by atoms with Crippen LogP contribution in [0.15, 0.2) is 0 Å². The molecule has 23 nitrogen and oxygen atoms in total. The molecule has 1 saturated carbocycles. The first kappa shape index (κ1) is 70.7. The number of carbonyl (C=O) groups excluding carboxylic acids is 2. The topological polar surface area (TPSA) is 368 Å².